The maximum Gasteiger partial charge on any atom is 1.00 e. The summed E-state index contributed by atoms with van der Waals surface area (Å²) in [6.45, 7) is 0. The van der Waals surface area contributed by atoms with E-state index in [1.807, 2.05) is 0 Å². The SMILES string of the molecule is O=S(=O)(O)c1c(Cl)c(S(=O)(=O)O)c(Cl)c(S(=O)(=O)O)c1Cl.[H-].[H-].[H-].[Na+].[Na+].[Na+]. The number of benzene rings is 1. The molecule has 9 nitrogen and oxygen atoms in total. The molecule has 24 heavy (non-hydrogen) atoms. The van der Waals surface area contributed by atoms with Crippen LogP contribution in [0, 0.1) is 0 Å². The molecule has 0 fully saturated rings. The van der Waals surface area contributed by atoms with Crippen LogP contribution in [0.1, 0.15) is 4.28 Å². The van der Waals surface area contributed by atoms with Crippen molar-refractivity contribution in [1.82, 2.24) is 0 Å². The molecule has 3 N–H and O–H groups in total. The van der Waals surface area contributed by atoms with Crippen molar-refractivity contribution < 1.29 is 132 Å². The zero-order valence-corrected chi connectivity index (χ0v) is 22.9. The second-order valence-electron chi connectivity index (χ2n) is 3.35. The van der Waals surface area contributed by atoms with Gasteiger partial charge in [-0.1, -0.05) is 34.8 Å². The van der Waals surface area contributed by atoms with Gasteiger partial charge in [-0.05, 0) is 0 Å². The molecule has 1 aromatic rings. The van der Waals surface area contributed by atoms with Crippen LogP contribution >= 0.6 is 34.8 Å². The first-order valence-corrected chi connectivity index (χ1v) is 9.68. The monoisotopic (exact) mass is 492 g/mol. The van der Waals surface area contributed by atoms with Crippen LogP contribution in [0.3, 0.4) is 0 Å². The Morgan fingerprint density at radius 2 is 0.667 bits per heavy atom. The summed E-state index contributed by atoms with van der Waals surface area (Å²) in [6.07, 6.45) is 0. The molecule has 0 amide bonds. The van der Waals surface area contributed by atoms with Crippen LogP contribution in [-0.4, -0.2) is 38.9 Å². The van der Waals surface area contributed by atoms with Crippen LogP contribution in [0.2, 0.25) is 15.1 Å². The molecule has 126 valence electrons. The third kappa shape index (κ3) is 7.01. The molecule has 18 heteroatoms. The summed E-state index contributed by atoms with van der Waals surface area (Å²) in [6, 6.07) is 0. The topological polar surface area (TPSA) is 163 Å². The average Bonchev–Trinajstić information content (AvgIpc) is 2.07. The zero-order chi connectivity index (χ0) is 17.0. The second kappa shape index (κ2) is 10.6. The maximum atomic E-state index is 11.1. The second-order valence-corrected chi connectivity index (χ2v) is 8.56. The Morgan fingerprint density at radius 3 is 0.750 bits per heavy atom. The molecular formula is C6H6Cl3Na3O9S3. The minimum atomic E-state index is -5.32. The van der Waals surface area contributed by atoms with E-state index in [1.54, 1.807) is 0 Å². The van der Waals surface area contributed by atoms with E-state index >= 15 is 0 Å². The Labute approximate surface area is 223 Å². The molecule has 0 bridgehead atoms. The minimum absolute atomic E-state index is 0. The largest absolute Gasteiger partial charge is 1.00 e. The smallest absolute Gasteiger partial charge is 1.00 e. The maximum absolute atomic E-state index is 11.1. The molecule has 0 saturated heterocycles. The Morgan fingerprint density at radius 1 is 0.542 bits per heavy atom. The summed E-state index contributed by atoms with van der Waals surface area (Å²) in [4.78, 5) is -4.68. The van der Waals surface area contributed by atoms with Crippen molar-refractivity contribution in [3.8, 4) is 0 Å². The number of rotatable bonds is 3. The Kier molecular flexibility index (Phi) is 13.9. The summed E-state index contributed by atoms with van der Waals surface area (Å²) in [5, 5.41) is -4.03. The van der Waals surface area contributed by atoms with E-state index in [-0.39, 0.29) is 93.0 Å². The number of hydrogen-bond donors (Lipinski definition) is 3. The van der Waals surface area contributed by atoms with Gasteiger partial charge in [-0.15, -0.1) is 0 Å². The van der Waals surface area contributed by atoms with E-state index in [4.69, 9.17) is 48.5 Å². The van der Waals surface area contributed by atoms with Gasteiger partial charge in [-0.3, -0.25) is 13.7 Å². The Hall–Kier alpha value is 2.82. The fourth-order valence-corrected chi connectivity index (χ4v) is 5.91. The van der Waals surface area contributed by atoms with E-state index in [1.165, 1.54) is 0 Å². The van der Waals surface area contributed by atoms with Crippen molar-refractivity contribution in [2.75, 3.05) is 0 Å². The van der Waals surface area contributed by atoms with Gasteiger partial charge < -0.3 is 4.28 Å². The van der Waals surface area contributed by atoms with Crippen LogP contribution in [0.15, 0.2) is 14.7 Å². The Bertz CT molecular complexity index is 811. The first-order chi connectivity index (χ1) is 9.10. The zero-order valence-electron chi connectivity index (χ0n) is 15.1. The average molecular weight is 494 g/mol. The van der Waals surface area contributed by atoms with E-state index in [0.717, 1.165) is 0 Å². The van der Waals surface area contributed by atoms with E-state index in [0.29, 0.717) is 0 Å². The molecule has 0 atom stereocenters. The molecule has 0 spiro atoms. The first kappa shape index (κ1) is 31.5. The van der Waals surface area contributed by atoms with Crippen molar-refractivity contribution in [3.05, 3.63) is 15.1 Å². The number of hydrogen-bond acceptors (Lipinski definition) is 6. The van der Waals surface area contributed by atoms with Crippen molar-refractivity contribution in [3.63, 3.8) is 0 Å². The normalized spacial score (nSPS) is 11.8. The molecular weight excluding hydrogens is 488 g/mol. The van der Waals surface area contributed by atoms with Crippen LogP contribution in [-0.2, 0) is 30.4 Å². The van der Waals surface area contributed by atoms with Gasteiger partial charge in [0.1, 0.15) is 14.7 Å². The fraction of sp³-hybridized carbons (Fsp3) is 0. The molecule has 0 unspecified atom stereocenters. The predicted molar refractivity (Wildman–Crippen MR) is 74.3 cm³/mol. The van der Waals surface area contributed by atoms with Crippen molar-refractivity contribution >= 4 is 65.2 Å². The van der Waals surface area contributed by atoms with Crippen molar-refractivity contribution in [2.24, 2.45) is 0 Å². The third-order valence-corrected chi connectivity index (χ3v) is 6.55. The summed E-state index contributed by atoms with van der Waals surface area (Å²) < 4.78 is 93.6. The molecule has 0 radical (unpaired) electrons. The van der Waals surface area contributed by atoms with Crippen molar-refractivity contribution in [2.45, 2.75) is 14.7 Å². The molecule has 0 aliphatic carbocycles. The van der Waals surface area contributed by atoms with Crippen LogP contribution in [0.5, 0.6) is 0 Å². The van der Waals surface area contributed by atoms with E-state index < -0.39 is 60.1 Å². The molecule has 1 rings (SSSR count). The summed E-state index contributed by atoms with van der Waals surface area (Å²) in [7, 11) is -16.0. The van der Waals surface area contributed by atoms with Crippen LogP contribution in [0.4, 0.5) is 0 Å². The van der Waals surface area contributed by atoms with Gasteiger partial charge >= 0.3 is 88.7 Å². The fourth-order valence-electron chi connectivity index (χ4n) is 1.28. The van der Waals surface area contributed by atoms with Gasteiger partial charge in [-0.2, -0.15) is 25.3 Å². The van der Waals surface area contributed by atoms with Crippen molar-refractivity contribution in [1.29, 1.82) is 0 Å². The summed E-state index contributed by atoms with van der Waals surface area (Å²) in [5.74, 6) is 0. The van der Waals surface area contributed by atoms with Gasteiger partial charge in [-0.25, -0.2) is 0 Å². The van der Waals surface area contributed by atoms with E-state index in [9.17, 15) is 25.3 Å². The quantitative estimate of drug-likeness (QED) is 0.274. The van der Waals surface area contributed by atoms with Gasteiger partial charge in [0.05, 0.1) is 15.1 Å². The Balaban J connectivity index is -0.000000184. The number of halogens is 3. The summed E-state index contributed by atoms with van der Waals surface area (Å²) in [5.41, 5.74) is 0. The van der Waals surface area contributed by atoms with E-state index in [2.05, 4.69) is 0 Å². The molecule has 0 aromatic heterocycles. The third-order valence-electron chi connectivity index (χ3n) is 1.97. The predicted octanol–water partition coefficient (Wildman–Crippen LogP) is -7.26. The van der Waals surface area contributed by atoms with Crippen LogP contribution in [0.25, 0.3) is 0 Å². The minimum Gasteiger partial charge on any atom is -1.00 e. The molecule has 0 aliphatic rings. The molecule has 0 aliphatic heterocycles. The van der Waals surface area contributed by atoms with Gasteiger partial charge in [0.2, 0.25) is 0 Å². The molecule has 1 aromatic carbocycles. The van der Waals surface area contributed by atoms with Crippen LogP contribution < -0.4 is 88.7 Å². The molecule has 0 heterocycles. The molecule has 0 saturated carbocycles. The first-order valence-electron chi connectivity index (χ1n) is 4.23. The van der Waals surface area contributed by atoms with Gasteiger partial charge in [0, 0.05) is 0 Å². The van der Waals surface area contributed by atoms with Gasteiger partial charge in [0.15, 0.2) is 0 Å². The van der Waals surface area contributed by atoms with Gasteiger partial charge in [0.25, 0.3) is 30.4 Å². The summed E-state index contributed by atoms with van der Waals surface area (Å²) >= 11 is 16.2. The standard InChI is InChI=1S/C6H3Cl3O9S3.3Na.3H/c7-1-4(19(10,11)12)2(8)6(21(16,17)18)3(9)5(1)20(13,14)15;;;;;;/h(H,10,11,12)(H,13,14,15)(H,16,17,18);;;;;;/q;3*+1;3*-1.